The van der Waals surface area contributed by atoms with Crippen LogP contribution in [0.5, 0.6) is 0 Å². The van der Waals surface area contributed by atoms with Crippen molar-refractivity contribution < 1.29 is 23.8 Å². The van der Waals surface area contributed by atoms with Crippen molar-refractivity contribution in [3.05, 3.63) is 24.2 Å². The fourth-order valence-electron chi connectivity index (χ4n) is 3.63. The Morgan fingerprint density at radius 1 is 1.28 bits per heavy atom. The molecule has 0 aliphatic carbocycles. The second-order valence-electron chi connectivity index (χ2n) is 6.66. The molecule has 2 aliphatic heterocycles. The van der Waals surface area contributed by atoms with Crippen LogP contribution >= 0.6 is 0 Å². The molecule has 0 radical (unpaired) electrons. The van der Waals surface area contributed by atoms with Crippen molar-refractivity contribution in [2.24, 2.45) is 5.92 Å². The molecule has 1 N–H and O–H groups in total. The molecule has 3 heterocycles. The zero-order valence-corrected chi connectivity index (χ0v) is 14.5. The molecule has 138 valence electrons. The second kappa shape index (κ2) is 7.99. The van der Waals surface area contributed by atoms with E-state index >= 15 is 0 Å². The molecule has 2 saturated heterocycles. The van der Waals surface area contributed by atoms with Crippen LogP contribution in [0.2, 0.25) is 0 Å². The lowest BCUT2D eigenvalue weighted by molar-refractivity contribution is -0.142. The van der Waals surface area contributed by atoms with Crippen molar-refractivity contribution in [1.29, 1.82) is 0 Å². The van der Waals surface area contributed by atoms with E-state index in [4.69, 9.17) is 9.15 Å². The van der Waals surface area contributed by atoms with Crippen LogP contribution < -0.4 is 0 Å². The largest absolute Gasteiger partial charge is 0.481 e. The fourth-order valence-corrected chi connectivity index (χ4v) is 3.63. The van der Waals surface area contributed by atoms with Crippen molar-refractivity contribution in [3.8, 4) is 0 Å². The average molecular weight is 351 g/mol. The van der Waals surface area contributed by atoms with Crippen molar-refractivity contribution in [1.82, 2.24) is 14.7 Å². The minimum absolute atomic E-state index is 0.105. The molecule has 0 saturated carbocycles. The molecule has 3 rings (SSSR count). The minimum atomic E-state index is -0.767. The van der Waals surface area contributed by atoms with Gasteiger partial charge >= 0.3 is 5.97 Å². The Hall–Kier alpha value is -1.90. The number of methoxy groups -OCH3 is 1. The Balaban J connectivity index is 1.70. The molecule has 0 unspecified atom stereocenters. The van der Waals surface area contributed by atoms with Gasteiger partial charge in [-0.1, -0.05) is 0 Å². The van der Waals surface area contributed by atoms with Gasteiger partial charge < -0.3 is 19.2 Å². The molecule has 2 aliphatic rings. The summed E-state index contributed by atoms with van der Waals surface area (Å²) in [5, 5.41) is 9.50. The standard InChI is InChI=1S/C17H25N3O5/c1-24-8-6-18-9-13(17(22)23)10-19-4-5-20(12-14(19)11-18)16(21)15-3-2-7-25-15/h2-3,7,13-14H,4-6,8-12H2,1H3,(H,22,23)/t13-,14-/m1/s1. The first-order valence-corrected chi connectivity index (χ1v) is 8.59. The molecule has 0 bridgehead atoms. The van der Waals surface area contributed by atoms with Gasteiger partial charge in [-0.05, 0) is 12.1 Å². The number of carbonyl (C=O) groups is 2. The van der Waals surface area contributed by atoms with E-state index in [2.05, 4.69) is 9.80 Å². The highest BCUT2D eigenvalue weighted by Gasteiger charge is 2.37. The van der Waals surface area contributed by atoms with E-state index in [-0.39, 0.29) is 11.9 Å². The maximum atomic E-state index is 12.5. The number of ether oxygens (including phenoxy) is 1. The van der Waals surface area contributed by atoms with Crippen molar-refractivity contribution in [3.63, 3.8) is 0 Å². The van der Waals surface area contributed by atoms with Crippen LogP contribution in [0, 0.1) is 5.92 Å². The number of nitrogens with zero attached hydrogens (tertiary/aromatic N) is 3. The van der Waals surface area contributed by atoms with E-state index in [1.807, 2.05) is 0 Å². The summed E-state index contributed by atoms with van der Waals surface area (Å²) < 4.78 is 10.4. The van der Waals surface area contributed by atoms with Gasteiger partial charge in [0.25, 0.3) is 5.91 Å². The lowest BCUT2D eigenvalue weighted by atomic mass is 10.1. The minimum Gasteiger partial charge on any atom is -0.481 e. The molecule has 2 atom stereocenters. The number of fused-ring (bicyclic) bond motifs is 1. The molecule has 0 aromatic carbocycles. The van der Waals surface area contributed by atoms with Gasteiger partial charge in [-0.15, -0.1) is 0 Å². The molecule has 8 nitrogen and oxygen atoms in total. The maximum Gasteiger partial charge on any atom is 0.309 e. The Kier molecular flexibility index (Phi) is 5.72. The third-order valence-corrected chi connectivity index (χ3v) is 4.99. The summed E-state index contributed by atoms with van der Waals surface area (Å²) in [5.74, 6) is -0.944. The van der Waals surface area contributed by atoms with E-state index in [9.17, 15) is 14.7 Å². The quantitative estimate of drug-likeness (QED) is 0.803. The SMILES string of the molecule is COCCN1C[C@@H](C(=O)O)CN2CCN(C(=O)c3ccco3)C[C@H]2C1. The van der Waals surface area contributed by atoms with E-state index < -0.39 is 11.9 Å². The predicted octanol–water partition coefficient (Wildman–Crippen LogP) is 0.0688. The summed E-state index contributed by atoms with van der Waals surface area (Å²) in [6.45, 7) is 4.86. The Morgan fingerprint density at radius 2 is 2.12 bits per heavy atom. The zero-order valence-electron chi connectivity index (χ0n) is 14.5. The molecular formula is C17H25N3O5. The summed E-state index contributed by atoms with van der Waals surface area (Å²) in [4.78, 5) is 30.2. The van der Waals surface area contributed by atoms with Gasteiger partial charge in [0.1, 0.15) is 0 Å². The summed E-state index contributed by atoms with van der Waals surface area (Å²) in [7, 11) is 1.64. The molecule has 1 aromatic heterocycles. The van der Waals surface area contributed by atoms with Crippen molar-refractivity contribution >= 4 is 11.9 Å². The van der Waals surface area contributed by atoms with Gasteiger partial charge in [-0.25, -0.2) is 0 Å². The van der Waals surface area contributed by atoms with Gasteiger partial charge in [0.05, 0.1) is 18.8 Å². The highest BCUT2D eigenvalue weighted by atomic mass is 16.5. The summed E-state index contributed by atoms with van der Waals surface area (Å²) in [6.07, 6.45) is 1.50. The lowest BCUT2D eigenvalue weighted by Crippen LogP contribution is -2.57. The molecular weight excluding hydrogens is 326 g/mol. The summed E-state index contributed by atoms with van der Waals surface area (Å²) in [6, 6.07) is 3.50. The number of furan rings is 1. The van der Waals surface area contributed by atoms with Gasteiger partial charge in [-0.3, -0.25) is 19.4 Å². The number of carbonyl (C=O) groups excluding carboxylic acids is 1. The van der Waals surface area contributed by atoms with Gasteiger partial charge in [-0.2, -0.15) is 0 Å². The molecule has 2 fully saturated rings. The number of hydrogen-bond donors (Lipinski definition) is 1. The summed E-state index contributed by atoms with van der Waals surface area (Å²) in [5.41, 5.74) is 0. The van der Waals surface area contributed by atoms with Crippen LogP contribution in [0.25, 0.3) is 0 Å². The Labute approximate surface area is 146 Å². The van der Waals surface area contributed by atoms with Crippen LogP contribution in [-0.4, -0.2) is 97.3 Å². The highest BCUT2D eigenvalue weighted by Crippen LogP contribution is 2.20. The number of carboxylic acid groups (broad SMARTS) is 1. The first kappa shape index (κ1) is 17.9. The zero-order chi connectivity index (χ0) is 17.8. The first-order chi connectivity index (χ1) is 12.1. The van der Waals surface area contributed by atoms with Crippen LogP contribution in [-0.2, 0) is 9.53 Å². The lowest BCUT2D eigenvalue weighted by Gasteiger charge is -2.41. The normalized spacial score (nSPS) is 25.4. The highest BCUT2D eigenvalue weighted by molar-refractivity contribution is 5.91. The van der Waals surface area contributed by atoms with Gasteiger partial charge in [0, 0.05) is 59.0 Å². The summed E-state index contributed by atoms with van der Waals surface area (Å²) >= 11 is 0. The number of carboxylic acids is 1. The molecule has 1 amide bonds. The molecule has 0 spiro atoms. The Bertz CT molecular complexity index is 591. The number of amides is 1. The van der Waals surface area contributed by atoms with Crippen molar-refractivity contribution in [2.45, 2.75) is 6.04 Å². The predicted molar refractivity (Wildman–Crippen MR) is 89.4 cm³/mol. The molecule has 1 aromatic rings. The van der Waals surface area contributed by atoms with Crippen LogP contribution in [0.3, 0.4) is 0 Å². The van der Waals surface area contributed by atoms with Crippen LogP contribution in [0.15, 0.2) is 22.8 Å². The van der Waals surface area contributed by atoms with Crippen LogP contribution in [0.4, 0.5) is 0 Å². The fraction of sp³-hybridized carbons (Fsp3) is 0.647. The number of hydrogen-bond acceptors (Lipinski definition) is 6. The molecule has 25 heavy (non-hydrogen) atoms. The van der Waals surface area contributed by atoms with E-state index in [0.29, 0.717) is 51.6 Å². The monoisotopic (exact) mass is 351 g/mol. The topological polar surface area (TPSA) is 86.5 Å². The van der Waals surface area contributed by atoms with Crippen molar-refractivity contribution in [2.75, 3.05) is 59.5 Å². The smallest absolute Gasteiger partial charge is 0.309 e. The number of rotatable bonds is 5. The third-order valence-electron chi connectivity index (χ3n) is 4.99. The molecule has 8 heteroatoms. The van der Waals surface area contributed by atoms with Gasteiger partial charge in [0.15, 0.2) is 5.76 Å². The first-order valence-electron chi connectivity index (χ1n) is 8.59. The third kappa shape index (κ3) is 4.20. The van der Waals surface area contributed by atoms with E-state index in [1.54, 1.807) is 24.1 Å². The number of piperazine rings is 1. The van der Waals surface area contributed by atoms with Crippen LogP contribution in [0.1, 0.15) is 10.6 Å². The Morgan fingerprint density at radius 3 is 2.80 bits per heavy atom. The second-order valence-corrected chi connectivity index (χ2v) is 6.66. The van der Waals surface area contributed by atoms with Gasteiger partial charge in [0.2, 0.25) is 0 Å². The average Bonchev–Trinajstić information content (AvgIpc) is 3.07. The maximum absolute atomic E-state index is 12.5. The number of aliphatic carboxylic acids is 1. The van der Waals surface area contributed by atoms with E-state index in [0.717, 1.165) is 6.54 Å². The van der Waals surface area contributed by atoms with E-state index in [1.165, 1.54) is 6.26 Å².